The molecular weight excluding hydrogens is 248 g/mol. The molecule has 0 N–H and O–H groups in total. The van der Waals surface area contributed by atoms with Crippen molar-refractivity contribution >= 4 is 15.9 Å². The molecule has 0 bridgehead atoms. The second-order valence-corrected chi connectivity index (χ2v) is 5.39. The summed E-state index contributed by atoms with van der Waals surface area (Å²) in [7, 11) is 0. The van der Waals surface area contributed by atoms with E-state index in [1.54, 1.807) is 0 Å². The second kappa shape index (κ2) is 7.05. The SMILES string of the molecule is CCCC(Br)CCc1ccc(CC)cc1. The quantitative estimate of drug-likeness (QED) is 0.654. The molecule has 0 aliphatic rings. The van der Waals surface area contributed by atoms with E-state index in [4.69, 9.17) is 0 Å². The summed E-state index contributed by atoms with van der Waals surface area (Å²) in [5, 5.41) is 0. The number of alkyl halides is 1. The van der Waals surface area contributed by atoms with Crippen LogP contribution in [0.3, 0.4) is 0 Å². The zero-order chi connectivity index (χ0) is 11.1. The molecular formula is C14H21Br. The molecule has 0 aromatic heterocycles. The van der Waals surface area contributed by atoms with Crippen molar-refractivity contribution in [2.24, 2.45) is 0 Å². The van der Waals surface area contributed by atoms with Gasteiger partial charge in [-0.3, -0.25) is 0 Å². The Bertz CT molecular complexity index is 263. The standard InChI is InChI=1S/C14H21Br/c1-3-5-14(15)11-10-13-8-6-12(4-2)7-9-13/h6-9,14H,3-5,10-11H2,1-2H3. The van der Waals surface area contributed by atoms with Crippen LogP contribution in [0.1, 0.15) is 44.2 Å². The molecule has 1 heteroatoms. The predicted molar refractivity (Wildman–Crippen MR) is 71.8 cm³/mol. The molecule has 1 aromatic rings. The Morgan fingerprint density at radius 3 is 2.13 bits per heavy atom. The van der Waals surface area contributed by atoms with Gasteiger partial charge in [0.05, 0.1) is 0 Å². The number of halogens is 1. The minimum absolute atomic E-state index is 0.688. The molecule has 0 fully saturated rings. The molecule has 0 heterocycles. The smallest absolute Gasteiger partial charge is 0.0148 e. The first-order chi connectivity index (χ1) is 7.26. The van der Waals surface area contributed by atoms with E-state index >= 15 is 0 Å². The Morgan fingerprint density at radius 2 is 1.60 bits per heavy atom. The first-order valence-corrected chi connectivity index (χ1v) is 6.89. The lowest BCUT2D eigenvalue weighted by molar-refractivity contribution is 0.693. The summed E-state index contributed by atoms with van der Waals surface area (Å²) in [6.07, 6.45) is 6.13. The molecule has 0 saturated heterocycles. The molecule has 15 heavy (non-hydrogen) atoms. The highest BCUT2D eigenvalue weighted by atomic mass is 79.9. The van der Waals surface area contributed by atoms with Crippen LogP contribution in [0.5, 0.6) is 0 Å². The van der Waals surface area contributed by atoms with Crippen LogP contribution in [0.2, 0.25) is 0 Å². The Labute approximate surface area is 102 Å². The van der Waals surface area contributed by atoms with Crippen molar-refractivity contribution in [3.8, 4) is 0 Å². The van der Waals surface area contributed by atoms with Crippen LogP contribution in [-0.2, 0) is 12.8 Å². The Morgan fingerprint density at radius 1 is 1.00 bits per heavy atom. The summed E-state index contributed by atoms with van der Waals surface area (Å²) in [6, 6.07) is 9.03. The normalized spacial score (nSPS) is 12.7. The van der Waals surface area contributed by atoms with Crippen LogP contribution in [0, 0.1) is 0 Å². The highest BCUT2D eigenvalue weighted by molar-refractivity contribution is 9.09. The number of aryl methyl sites for hydroxylation is 2. The van der Waals surface area contributed by atoms with Gasteiger partial charge < -0.3 is 0 Å². The van der Waals surface area contributed by atoms with E-state index in [1.165, 1.54) is 36.8 Å². The number of hydrogen-bond acceptors (Lipinski definition) is 0. The van der Waals surface area contributed by atoms with E-state index in [1.807, 2.05) is 0 Å². The van der Waals surface area contributed by atoms with Gasteiger partial charge in [-0.25, -0.2) is 0 Å². The lowest BCUT2D eigenvalue weighted by Crippen LogP contribution is -1.99. The Balaban J connectivity index is 2.37. The second-order valence-electron chi connectivity index (χ2n) is 4.09. The van der Waals surface area contributed by atoms with Crippen molar-refractivity contribution in [3.05, 3.63) is 35.4 Å². The van der Waals surface area contributed by atoms with E-state index in [0.29, 0.717) is 4.83 Å². The summed E-state index contributed by atoms with van der Waals surface area (Å²) in [6.45, 7) is 4.44. The molecule has 1 aromatic carbocycles. The summed E-state index contributed by atoms with van der Waals surface area (Å²) in [5.41, 5.74) is 2.90. The van der Waals surface area contributed by atoms with E-state index in [2.05, 4.69) is 54.0 Å². The van der Waals surface area contributed by atoms with Crippen LogP contribution < -0.4 is 0 Å². The average molecular weight is 269 g/mol. The summed E-state index contributed by atoms with van der Waals surface area (Å²) < 4.78 is 0. The van der Waals surface area contributed by atoms with Gasteiger partial charge in [0.1, 0.15) is 0 Å². The van der Waals surface area contributed by atoms with Gasteiger partial charge in [0.2, 0.25) is 0 Å². The van der Waals surface area contributed by atoms with E-state index < -0.39 is 0 Å². The minimum atomic E-state index is 0.688. The predicted octanol–water partition coefficient (Wildman–Crippen LogP) is 4.75. The van der Waals surface area contributed by atoms with Crippen LogP contribution >= 0.6 is 15.9 Å². The monoisotopic (exact) mass is 268 g/mol. The average Bonchev–Trinajstić information content (AvgIpc) is 2.27. The minimum Gasteiger partial charge on any atom is -0.0891 e. The first kappa shape index (κ1) is 12.8. The molecule has 0 radical (unpaired) electrons. The summed E-state index contributed by atoms with van der Waals surface area (Å²) in [5.74, 6) is 0. The molecule has 1 atom stereocenters. The fraction of sp³-hybridized carbons (Fsp3) is 0.571. The number of rotatable bonds is 6. The maximum Gasteiger partial charge on any atom is 0.0148 e. The van der Waals surface area contributed by atoms with Gasteiger partial charge in [0.15, 0.2) is 0 Å². The molecule has 0 aliphatic heterocycles. The van der Waals surface area contributed by atoms with Gasteiger partial charge in [0, 0.05) is 4.83 Å². The molecule has 0 spiro atoms. The Kier molecular flexibility index (Phi) is 6.00. The van der Waals surface area contributed by atoms with Gasteiger partial charge in [0.25, 0.3) is 0 Å². The molecule has 0 nitrogen and oxygen atoms in total. The fourth-order valence-electron chi connectivity index (χ4n) is 1.72. The van der Waals surface area contributed by atoms with Crippen LogP contribution in [0.15, 0.2) is 24.3 Å². The molecule has 0 saturated carbocycles. The number of benzene rings is 1. The van der Waals surface area contributed by atoms with Crippen LogP contribution in [0.25, 0.3) is 0 Å². The lowest BCUT2D eigenvalue weighted by atomic mass is 10.0. The highest BCUT2D eigenvalue weighted by Gasteiger charge is 2.02. The zero-order valence-electron chi connectivity index (χ0n) is 9.80. The van der Waals surface area contributed by atoms with Gasteiger partial charge in [-0.05, 0) is 36.8 Å². The third-order valence-electron chi connectivity index (χ3n) is 2.78. The topological polar surface area (TPSA) is 0 Å². The van der Waals surface area contributed by atoms with E-state index in [-0.39, 0.29) is 0 Å². The van der Waals surface area contributed by atoms with Crippen LogP contribution in [0.4, 0.5) is 0 Å². The molecule has 84 valence electrons. The van der Waals surface area contributed by atoms with Crippen molar-refractivity contribution in [2.45, 2.75) is 50.8 Å². The fourth-order valence-corrected chi connectivity index (χ4v) is 2.41. The van der Waals surface area contributed by atoms with Crippen molar-refractivity contribution in [2.75, 3.05) is 0 Å². The van der Waals surface area contributed by atoms with Crippen molar-refractivity contribution in [3.63, 3.8) is 0 Å². The molecule has 1 rings (SSSR count). The van der Waals surface area contributed by atoms with Gasteiger partial charge in [-0.2, -0.15) is 0 Å². The third-order valence-corrected chi connectivity index (χ3v) is 3.70. The molecule has 1 unspecified atom stereocenters. The third kappa shape index (κ3) is 4.83. The molecule has 0 amide bonds. The zero-order valence-corrected chi connectivity index (χ0v) is 11.4. The largest absolute Gasteiger partial charge is 0.0891 e. The molecule has 0 aliphatic carbocycles. The van der Waals surface area contributed by atoms with Crippen molar-refractivity contribution in [1.29, 1.82) is 0 Å². The summed E-state index contributed by atoms with van der Waals surface area (Å²) in [4.78, 5) is 0.688. The maximum atomic E-state index is 3.72. The maximum absolute atomic E-state index is 3.72. The number of hydrogen-bond donors (Lipinski definition) is 0. The van der Waals surface area contributed by atoms with E-state index in [0.717, 1.165) is 6.42 Å². The van der Waals surface area contributed by atoms with Gasteiger partial charge in [-0.15, -0.1) is 0 Å². The Hall–Kier alpha value is -0.300. The highest BCUT2D eigenvalue weighted by Crippen LogP contribution is 2.16. The van der Waals surface area contributed by atoms with Gasteiger partial charge >= 0.3 is 0 Å². The van der Waals surface area contributed by atoms with Crippen molar-refractivity contribution in [1.82, 2.24) is 0 Å². The van der Waals surface area contributed by atoms with Crippen LogP contribution in [-0.4, -0.2) is 4.83 Å². The lowest BCUT2D eigenvalue weighted by Gasteiger charge is -2.08. The van der Waals surface area contributed by atoms with E-state index in [9.17, 15) is 0 Å². The summed E-state index contributed by atoms with van der Waals surface area (Å²) >= 11 is 3.72. The van der Waals surface area contributed by atoms with Gasteiger partial charge in [-0.1, -0.05) is 60.5 Å². The first-order valence-electron chi connectivity index (χ1n) is 5.98. The van der Waals surface area contributed by atoms with Crippen molar-refractivity contribution < 1.29 is 0 Å².